The first kappa shape index (κ1) is 13.2. The first-order chi connectivity index (χ1) is 8.69. The first-order valence-corrected chi connectivity index (χ1v) is 6.49. The highest BCUT2D eigenvalue weighted by Crippen LogP contribution is 2.22. The Bertz CT molecular complexity index is 526. The number of ether oxygens (including phenoxy) is 1. The van der Waals surface area contributed by atoms with E-state index in [1.54, 1.807) is 6.20 Å². The van der Waals surface area contributed by atoms with Crippen LogP contribution in [-0.4, -0.2) is 4.98 Å². The van der Waals surface area contributed by atoms with E-state index in [4.69, 9.17) is 27.9 Å². The van der Waals surface area contributed by atoms with Crippen LogP contribution < -0.4 is 4.74 Å². The average Bonchev–Trinajstić information content (AvgIpc) is 2.38. The van der Waals surface area contributed by atoms with Gasteiger partial charge in [0.15, 0.2) is 0 Å². The van der Waals surface area contributed by atoms with Gasteiger partial charge in [-0.1, -0.05) is 23.7 Å². The molecule has 0 bridgehead atoms. The van der Waals surface area contributed by atoms with Crippen molar-refractivity contribution in [1.29, 1.82) is 0 Å². The van der Waals surface area contributed by atoms with Gasteiger partial charge in [-0.2, -0.15) is 0 Å². The minimum atomic E-state index is 0.392. The normalized spacial score (nSPS) is 10.4. The number of alkyl halides is 1. The van der Waals surface area contributed by atoms with Gasteiger partial charge in [0, 0.05) is 28.5 Å². The van der Waals surface area contributed by atoms with Gasteiger partial charge in [-0.05, 0) is 24.6 Å². The summed E-state index contributed by atoms with van der Waals surface area (Å²) in [5.41, 5.74) is 2.88. The van der Waals surface area contributed by atoms with Crippen LogP contribution >= 0.6 is 23.2 Å². The second-order valence-corrected chi connectivity index (χ2v) is 4.69. The molecule has 0 unspecified atom stereocenters. The summed E-state index contributed by atoms with van der Waals surface area (Å²) < 4.78 is 5.77. The van der Waals surface area contributed by atoms with Crippen LogP contribution in [0.5, 0.6) is 5.75 Å². The molecule has 0 aliphatic carbocycles. The third-order valence-corrected chi connectivity index (χ3v) is 3.07. The van der Waals surface area contributed by atoms with Crippen molar-refractivity contribution in [1.82, 2.24) is 4.98 Å². The lowest BCUT2D eigenvalue weighted by molar-refractivity contribution is 0.303. The molecule has 1 aromatic heterocycles. The molecule has 2 rings (SSSR count). The molecule has 0 saturated carbocycles. The van der Waals surface area contributed by atoms with Crippen LogP contribution in [0.2, 0.25) is 5.02 Å². The summed E-state index contributed by atoms with van der Waals surface area (Å²) in [7, 11) is 0. The summed E-state index contributed by atoms with van der Waals surface area (Å²) in [6.45, 7) is 2.41. The van der Waals surface area contributed by atoms with E-state index in [9.17, 15) is 0 Å². The molecule has 18 heavy (non-hydrogen) atoms. The molecule has 0 aliphatic rings. The van der Waals surface area contributed by atoms with Gasteiger partial charge in [0.05, 0.1) is 5.88 Å². The Labute approximate surface area is 117 Å². The Hall–Kier alpha value is -1.25. The Kier molecular flexibility index (Phi) is 4.45. The molecule has 0 spiro atoms. The summed E-state index contributed by atoms with van der Waals surface area (Å²) in [5, 5.41) is 0.722. The maximum Gasteiger partial charge on any atom is 0.127 e. The molecular formula is C14H13Cl2NO. The van der Waals surface area contributed by atoms with Gasteiger partial charge in [0.2, 0.25) is 0 Å². The van der Waals surface area contributed by atoms with E-state index in [2.05, 4.69) is 4.98 Å². The molecule has 0 saturated heterocycles. The lowest BCUT2D eigenvalue weighted by Gasteiger charge is -2.10. The summed E-state index contributed by atoms with van der Waals surface area (Å²) >= 11 is 11.7. The lowest BCUT2D eigenvalue weighted by atomic mass is 10.2. The van der Waals surface area contributed by atoms with Crippen molar-refractivity contribution in [2.24, 2.45) is 0 Å². The summed E-state index contributed by atoms with van der Waals surface area (Å²) in [6, 6.07) is 9.47. The molecule has 1 heterocycles. The standard InChI is InChI=1S/C14H13Cl2NO/c1-10-6-14(12(7-15)8-17-10)18-9-11-2-4-13(16)5-3-11/h2-6,8H,7,9H2,1H3. The molecule has 0 fully saturated rings. The van der Waals surface area contributed by atoms with Crippen molar-refractivity contribution in [3.63, 3.8) is 0 Å². The number of halogens is 2. The predicted molar refractivity (Wildman–Crippen MR) is 74.3 cm³/mol. The van der Waals surface area contributed by atoms with E-state index in [-0.39, 0.29) is 0 Å². The molecule has 4 heteroatoms. The fraction of sp³-hybridized carbons (Fsp3) is 0.214. The topological polar surface area (TPSA) is 22.1 Å². The first-order valence-electron chi connectivity index (χ1n) is 5.58. The molecular weight excluding hydrogens is 269 g/mol. The van der Waals surface area contributed by atoms with Gasteiger partial charge in [0.1, 0.15) is 12.4 Å². The molecule has 0 aliphatic heterocycles. The molecule has 94 valence electrons. The Morgan fingerprint density at radius 1 is 1.22 bits per heavy atom. The van der Waals surface area contributed by atoms with Crippen molar-refractivity contribution in [3.05, 3.63) is 58.4 Å². The quantitative estimate of drug-likeness (QED) is 0.777. The number of hydrogen-bond acceptors (Lipinski definition) is 2. The molecule has 0 atom stereocenters. The van der Waals surface area contributed by atoms with Crippen LogP contribution in [-0.2, 0) is 12.5 Å². The van der Waals surface area contributed by atoms with Gasteiger partial charge in [-0.3, -0.25) is 4.98 Å². The van der Waals surface area contributed by atoms with Crippen molar-refractivity contribution >= 4 is 23.2 Å². The third-order valence-electron chi connectivity index (χ3n) is 2.53. The summed E-state index contributed by atoms with van der Waals surface area (Å²) in [5.74, 6) is 1.18. The smallest absolute Gasteiger partial charge is 0.127 e. The number of nitrogens with zero attached hydrogens (tertiary/aromatic N) is 1. The fourth-order valence-electron chi connectivity index (χ4n) is 1.54. The maximum atomic E-state index is 5.85. The van der Waals surface area contributed by atoms with Crippen LogP contribution in [0.3, 0.4) is 0 Å². The van der Waals surface area contributed by atoms with E-state index in [1.807, 2.05) is 37.3 Å². The van der Waals surface area contributed by atoms with Gasteiger partial charge >= 0.3 is 0 Å². The fourth-order valence-corrected chi connectivity index (χ4v) is 1.87. The number of aromatic nitrogens is 1. The SMILES string of the molecule is Cc1cc(OCc2ccc(Cl)cc2)c(CCl)cn1. The van der Waals surface area contributed by atoms with Crippen LogP contribution in [0.1, 0.15) is 16.8 Å². The Morgan fingerprint density at radius 3 is 2.61 bits per heavy atom. The van der Waals surface area contributed by atoms with Crippen LogP contribution in [0, 0.1) is 6.92 Å². The zero-order valence-electron chi connectivity index (χ0n) is 9.99. The zero-order valence-corrected chi connectivity index (χ0v) is 11.5. The van der Waals surface area contributed by atoms with Gasteiger partial charge in [0.25, 0.3) is 0 Å². The number of rotatable bonds is 4. The van der Waals surface area contributed by atoms with E-state index in [1.165, 1.54) is 0 Å². The van der Waals surface area contributed by atoms with Gasteiger partial charge < -0.3 is 4.74 Å². The van der Waals surface area contributed by atoms with Crippen LogP contribution in [0.4, 0.5) is 0 Å². The monoisotopic (exact) mass is 281 g/mol. The third kappa shape index (κ3) is 3.37. The molecule has 0 amide bonds. The van der Waals surface area contributed by atoms with Crippen LogP contribution in [0.15, 0.2) is 36.5 Å². The van der Waals surface area contributed by atoms with E-state index < -0.39 is 0 Å². The van der Waals surface area contributed by atoms with Crippen molar-refractivity contribution in [2.75, 3.05) is 0 Å². The van der Waals surface area contributed by atoms with Gasteiger partial charge in [-0.25, -0.2) is 0 Å². The minimum Gasteiger partial charge on any atom is -0.488 e. The molecule has 2 aromatic rings. The van der Waals surface area contributed by atoms with Crippen molar-refractivity contribution in [3.8, 4) is 5.75 Å². The van der Waals surface area contributed by atoms with Crippen molar-refractivity contribution < 1.29 is 4.74 Å². The van der Waals surface area contributed by atoms with E-state index >= 15 is 0 Å². The van der Waals surface area contributed by atoms with Crippen molar-refractivity contribution in [2.45, 2.75) is 19.4 Å². The zero-order chi connectivity index (χ0) is 13.0. The molecule has 1 aromatic carbocycles. The highest BCUT2D eigenvalue weighted by molar-refractivity contribution is 6.30. The molecule has 0 radical (unpaired) electrons. The summed E-state index contributed by atoms with van der Waals surface area (Å²) in [6.07, 6.45) is 1.75. The van der Waals surface area contributed by atoms with Crippen LogP contribution in [0.25, 0.3) is 0 Å². The predicted octanol–water partition coefficient (Wildman–Crippen LogP) is 4.36. The molecule has 0 N–H and O–H groups in total. The highest BCUT2D eigenvalue weighted by atomic mass is 35.5. The van der Waals surface area contributed by atoms with E-state index in [0.29, 0.717) is 12.5 Å². The lowest BCUT2D eigenvalue weighted by Crippen LogP contribution is -1.99. The number of benzene rings is 1. The number of pyridine rings is 1. The number of hydrogen-bond donors (Lipinski definition) is 0. The Balaban J connectivity index is 2.09. The molecule has 2 nitrogen and oxygen atoms in total. The maximum absolute atomic E-state index is 5.85. The highest BCUT2D eigenvalue weighted by Gasteiger charge is 2.04. The second-order valence-electron chi connectivity index (χ2n) is 3.98. The largest absolute Gasteiger partial charge is 0.488 e. The Morgan fingerprint density at radius 2 is 1.94 bits per heavy atom. The summed E-state index contributed by atoms with van der Waals surface area (Å²) in [4.78, 5) is 4.20. The number of aryl methyl sites for hydroxylation is 1. The van der Waals surface area contributed by atoms with E-state index in [0.717, 1.165) is 27.6 Å². The average molecular weight is 282 g/mol. The van der Waals surface area contributed by atoms with Gasteiger partial charge in [-0.15, -0.1) is 11.6 Å². The second kappa shape index (κ2) is 6.07. The minimum absolute atomic E-state index is 0.392.